The van der Waals surface area contributed by atoms with E-state index >= 15 is 0 Å². The molecule has 5 heteroatoms. The van der Waals surface area contributed by atoms with Gasteiger partial charge in [0.25, 0.3) is 4.82 Å². The van der Waals surface area contributed by atoms with Crippen molar-refractivity contribution in [2.24, 2.45) is 0 Å². The third-order valence-corrected chi connectivity index (χ3v) is 3.32. The molecule has 0 unspecified atom stereocenters. The first-order valence-electron chi connectivity index (χ1n) is 4.83. The van der Waals surface area contributed by atoms with Gasteiger partial charge in [-0.2, -0.15) is 0 Å². The molecule has 0 saturated heterocycles. The first kappa shape index (κ1) is 11.1. The summed E-state index contributed by atoms with van der Waals surface area (Å²) in [7, 11) is 3.44. The van der Waals surface area contributed by atoms with Crippen LogP contribution >= 0.6 is 15.9 Å². The van der Waals surface area contributed by atoms with E-state index in [1.54, 1.807) is 19.0 Å². The van der Waals surface area contributed by atoms with E-state index in [1.165, 1.54) is 4.90 Å². The van der Waals surface area contributed by atoms with Crippen molar-refractivity contribution in [3.05, 3.63) is 23.8 Å². The van der Waals surface area contributed by atoms with Crippen LogP contribution in [-0.2, 0) is 11.2 Å². The normalized spacial score (nSPS) is 13.9. The lowest BCUT2D eigenvalue weighted by Gasteiger charge is -2.15. The van der Waals surface area contributed by atoms with Crippen molar-refractivity contribution in [1.82, 2.24) is 0 Å². The standard InChI is InChI=1S/C11H11BrN2O2/c1-13(11(12)16)8-3-4-9-7(5-8)6-10(15)14(9)2/h3-5H,6H2,1-2H3. The van der Waals surface area contributed by atoms with Gasteiger partial charge in [0, 0.05) is 41.4 Å². The van der Waals surface area contributed by atoms with Crippen molar-refractivity contribution in [2.45, 2.75) is 6.42 Å². The number of benzene rings is 1. The molecule has 84 valence electrons. The second-order valence-electron chi connectivity index (χ2n) is 3.75. The molecule has 0 radical (unpaired) electrons. The van der Waals surface area contributed by atoms with Crippen LogP contribution in [0.5, 0.6) is 0 Å². The van der Waals surface area contributed by atoms with Crippen LogP contribution < -0.4 is 9.80 Å². The molecule has 0 aromatic heterocycles. The number of fused-ring (bicyclic) bond motifs is 1. The average molecular weight is 283 g/mol. The number of likely N-dealkylation sites (N-methyl/N-ethyl adjacent to an activating group) is 1. The fraction of sp³-hybridized carbons (Fsp3) is 0.273. The van der Waals surface area contributed by atoms with E-state index in [0.717, 1.165) is 16.9 Å². The summed E-state index contributed by atoms with van der Waals surface area (Å²) < 4.78 is 0. The predicted octanol–water partition coefficient (Wildman–Crippen LogP) is 2.16. The van der Waals surface area contributed by atoms with Crippen LogP contribution in [0.4, 0.5) is 16.2 Å². The van der Waals surface area contributed by atoms with E-state index in [9.17, 15) is 9.59 Å². The number of hydrogen-bond acceptors (Lipinski definition) is 2. The van der Waals surface area contributed by atoms with Gasteiger partial charge in [-0.3, -0.25) is 9.59 Å². The summed E-state index contributed by atoms with van der Waals surface area (Å²) in [6.45, 7) is 0. The summed E-state index contributed by atoms with van der Waals surface area (Å²) in [4.78, 5) is 25.5. The molecule has 4 nitrogen and oxygen atoms in total. The molecule has 1 heterocycles. The topological polar surface area (TPSA) is 40.6 Å². The molecule has 1 aliphatic rings. The van der Waals surface area contributed by atoms with Gasteiger partial charge < -0.3 is 9.80 Å². The van der Waals surface area contributed by atoms with E-state index in [4.69, 9.17) is 0 Å². The van der Waals surface area contributed by atoms with Crippen molar-refractivity contribution < 1.29 is 9.59 Å². The molecule has 0 bridgehead atoms. The summed E-state index contributed by atoms with van der Waals surface area (Å²) in [5, 5.41) is 0. The van der Waals surface area contributed by atoms with E-state index in [-0.39, 0.29) is 10.7 Å². The van der Waals surface area contributed by atoms with Crippen molar-refractivity contribution >= 4 is 38.0 Å². The van der Waals surface area contributed by atoms with Crippen LogP contribution in [0.2, 0.25) is 0 Å². The maximum atomic E-state index is 11.5. The Morgan fingerprint density at radius 3 is 2.81 bits per heavy atom. The summed E-state index contributed by atoms with van der Waals surface area (Å²) in [5.74, 6) is 0.0833. The van der Waals surface area contributed by atoms with Crippen LogP contribution in [0.1, 0.15) is 5.56 Å². The van der Waals surface area contributed by atoms with Gasteiger partial charge >= 0.3 is 0 Å². The number of rotatable bonds is 1. The van der Waals surface area contributed by atoms with Gasteiger partial charge in [0.15, 0.2) is 0 Å². The van der Waals surface area contributed by atoms with Crippen LogP contribution in [0.3, 0.4) is 0 Å². The van der Waals surface area contributed by atoms with Crippen molar-refractivity contribution in [2.75, 3.05) is 23.9 Å². The Kier molecular flexibility index (Phi) is 2.71. The highest BCUT2D eigenvalue weighted by molar-refractivity contribution is 9.18. The summed E-state index contributed by atoms with van der Waals surface area (Å²) in [6, 6.07) is 5.56. The number of amides is 2. The number of carbonyl (C=O) groups excluding carboxylic acids is 2. The zero-order valence-corrected chi connectivity index (χ0v) is 10.6. The molecule has 0 N–H and O–H groups in total. The van der Waals surface area contributed by atoms with Gasteiger partial charge in [-0.25, -0.2) is 0 Å². The fourth-order valence-corrected chi connectivity index (χ4v) is 1.97. The summed E-state index contributed by atoms with van der Waals surface area (Å²) in [5.41, 5.74) is 2.67. The lowest BCUT2D eigenvalue weighted by Crippen LogP contribution is -2.20. The largest absolute Gasteiger partial charge is 0.315 e. The summed E-state index contributed by atoms with van der Waals surface area (Å²) in [6.07, 6.45) is 0.407. The Hall–Kier alpha value is -1.36. The van der Waals surface area contributed by atoms with Gasteiger partial charge in [-0.05, 0) is 23.8 Å². The quantitative estimate of drug-likeness (QED) is 0.585. The second kappa shape index (κ2) is 3.90. The molecule has 1 aromatic carbocycles. The zero-order chi connectivity index (χ0) is 11.9. The molecule has 0 atom stereocenters. The molecule has 0 saturated carbocycles. The zero-order valence-electron chi connectivity index (χ0n) is 9.03. The molecular weight excluding hydrogens is 272 g/mol. The third-order valence-electron chi connectivity index (χ3n) is 2.79. The highest BCUT2D eigenvalue weighted by atomic mass is 79.9. The van der Waals surface area contributed by atoms with Gasteiger partial charge in [0.05, 0.1) is 6.42 Å². The second-order valence-corrected chi connectivity index (χ2v) is 4.43. The van der Waals surface area contributed by atoms with Crippen molar-refractivity contribution in [3.8, 4) is 0 Å². The molecule has 0 aliphatic carbocycles. The van der Waals surface area contributed by atoms with Crippen molar-refractivity contribution in [1.29, 1.82) is 0 Å². The van der Waals surface area contributed by atoms with Gasteiger partial charge in [0.2, 0.25) is 5.91 Å². The highest BCUT2D eigenvalue weighted by Crippen LogP contribution is 2.31. The Bertz CT molecular complexity index is 473. The number of anilines is 2. The lowest BCUT2D eigenvalue weighted by molar-refractivity contribution is -0.117. The number of carbonyl (C=O) groups is 2. The highest BCUT2D eigenvalue weighted by Gasteiger charge is 2.24. The van der Waals surface area contributed by atoms with Crippen LogP contribution in [0.25, 0.3) is 0 Å². The van der Waals surface area contributed by atoms with E-state index < -0.39 is 0 Å². The minimum absolute atomic E-state index is 0.0833. The van der Waals surface area contributed by atoms with Gasteiger partial charge in [0.1, 0.15) is 0 Å². The number of nitrogens with zero attached hydrogens (tertiary/aromatic N) is 2. The summed E-state index contributed by atoms with van der Waals surface area (Å²) >= 11 is 2.89. The molecule has 0 fully saturated rings. The molecule has 2 amide bonds. The predicted molar refractivity (Wildman–Crippen MR) is 66.3 cm³/mol. The average Bonchev–Trinajstić information content (AvgIpc) is 2.53. The molecule has 16 heavy (non-hydrogen) atoms. The minimum atomic E-state index is -0.204. The molecular formula is C11H11BrN2O2. The van der Waals surface area contributed by atoms with Crippen LogP contribution in [-0.4, -0.2) is 24.8 Å². The van der Waals surface area contributed by atoms with E-state index in [0.29, 0.717) is 6.42 Å². The Morgan fingerprint density at radius 1 is 1.50 bits per heavy atom. The lowest BCUT2D eigenvalue weighted by atomic mass is 10.1. The Morgan fingerprint density at radius 2 is 2.19 bits per heavy atom. The number of hydrogen-bond donors (Lipinski definition) is 0. The van der Waals surface area contributed by atoms with Crippen LogP contribution in [0, 0.1) is 0 Å². The smallest absolute Gasteiger partial charge is 0.293 e. The number of halogens is 1. The maximum Gasteiger partial charge on any atom is 0.293 e. The van der Waals surface area contributed by atoms with E-state index in [1.807, 2.05) is 18.2 Å². The third kappa shape index (κ3) is 1.71. The Balaban J connectivity index is 2.39. The van der Waals surface area contributed by atoms with Gasteiger partial charge in [-0.1, -0.05) is 0 Å². The van der Waals surface area contributed by atoms with Crippen LogP contribution in [0.15, 0.2) is 18.2 Å². The molecule has 1 aromatic rings. The first-order chi connectivity index (χ1) is 7.50. The maximum absolute atomic E-state index is 11.5. The molecule has 2 rings (SSSR count). The van der Waals surface area contributed by atoms with E-state index in [2.05, 4.69) is 15.9 Å². The van der Waals surface area contributed by atoms with Gasteiger partial charge in [-0.15, -0.1) is 0 Å². The van der Waals surface area contributed by atoms with Crippen molar-refractivity contribution in [3.63, 3.8) is 0 Å². The Labute approximate surface area is 102 Å². The minimum Gasteiger partial charge on any atom is -0.315 e. The molecule has 0 spiro atoms. The fourth-order valence-electron chi connectivity index (χ4n) is 1.77. The SMILES string of the molecule is CN(C(=O)Br)c1ccc2c(c1)CC(=O)N2C. The first-order valence-corrected chi connectivity index (χ1v) is 5.62. The monoisotopic (exact) mass is 282 g/mol. The molecule has 1 aliphatic heterocycles.